The lowest BCUT2D eigenvalue weighted by molar-refractivity contribution is -0.159. The molecule has 4 heterocycles. The zero-order chi connectivity index (χ0) is 30.5. The summed E-state index contributed by atoms with van der Waals surface area (Å²) in [5.74, 6) is -6.25. The highest BCUT2D eigenvalue weighted by atomic mass is 32.1. The van der Waals surface area contributed by atoms with Gasteiger partial charge in [0.15, 0.2) is 0 Å². The smallest absolute Gasteiger partial charge is 0.414 e. The van der Waals surface area contributed by atoms with Crippen LogP contribution >= 0.6 is 11.3 Å². The van der Waals surface area contributed by atoms with Gasteiger partial charge in [-0.2, -0.15) is 5.10 Å². The maximum Gasteiger partial charge on any atom is 0.414 e. The van der Waals surface area contributed by atoms with E-state index in [2.05, 4.69) is 52.1 Å². The van der Waals surface area contributed by atoms with Crippen molar-refractivity contribution in [3.05, 3.63) is 83.8 Å². The average Bonchev–Trinajstić information content (AvgIpc) is 3.80. The summed E-state index contributed by atoms with van der Waals surface area (Å²) in [6, 6.07) is 18.9. The Balaban J connectivity index is 0.000000342. The lowest BCUT2D eigenvalue weighted by atomic mass is 10.1. The van der Waals surface area contributed by atoms with Gasteiger partial charge in [-0.3, -0.25) is 4.90 Å². The van der Waals surface area contributed by atoms with E-state index in [4.69, 9.17) is 49.1 Å². The van der Waals surface area contributed by atoms with Crippen molar-refractivity contribution in [2.24, 2.45) is 0 Å². The molecule has 0 bridgehead atoms. The number of carbonyl (C=O) groups is 4. The second kappa shape index (κ2) is 15.9. The summed E-state index contributed by atoms with van der Waals surface area (Å²) in [7, 11) is 0. The third kappa shape index (κ3) is 9.40. The van der Waals surface area contributed by atoms with Crippen molar-refractivity contribution in [2.45, 2.75) is 25.4 Å². The van der Waals surface area contributed by atoms with Crippen LogP contribution in [0.2, 0.25) is 0 Å². The van der Waals surface area contributed by atoms with Crippen LogP contribution in [0.5, 0.6) is 0 Å². The molecular formula is C28H30N4O9S. The Bertz CT molecular complexity index is 1380. The first kappa shape index (κ1) is 31.7. The Morgan fingerprint density at radius 1 is 0.881 bits per heavy atom. The molecule has 1 saturated heterocycles. The maximum atomic E-state index is 9.10. The monoisotopic (exact) mass is 598 g/mol. The summed E-state index contributed by atoms with van der Waals surface area (Å²) in [5.41, 5.74) is 3.34. The summed E-state index contributed by atoms with van der Waals surface area (Å²) < 4.78 is 7.74. The third-order valence-electron chi connectivity index (χ3n) is 6.04. The summed E-state index contributed by atoms with van der Waals surface area (Å²) in [6.45, 7) is 3.90. The number of benzene rings is 1. The van der Waals surface area contributed by atoms with Crippen LogP contribution < -0.4 is 5.32 Å². The van der Waals surface area contributed by atoms with Crippen molar-refractivity contribution in [2.75, 3.05) is 19.6 Å². The van der Waals surface area contributed by atoms with Crippen LogP contribution in [0.15, 0.2) is 76.9 Å². The van der Waals surface area contributed by atoms with Crippen molar-refractivity contribution < 1.29 is 44.0 Å². The fourth-order valence-electron chi connectivity index (χ4n) is 4.16. The molecule has 13 nitrogen and oxygen atoms in total. The van der Waals surface area contributed by atoms with Crippen LogP contribution in [0.4, 0.5) is 0 Å². The van der Waals surface area contributed by atoms with Gasteiger partial charge in [0.2, 0.25) is 0 Å². The van der Waals surface area contributed by atoms with Crippen LogP contribution in [-0.4, -0.2) is 78.6 Å². The molecule has 4 aromatic rings. The number of furan rings is 1. The van der Waals surface area contributed by atoms with E-state index in [0.29, 0.717) is 0 Å². The van der Waals surface area contributed by atoms with Crippen molar-refractivity contribution in [1.82, 2.24) is 20.0 Å². The molecule has 0 radical (unpaired) electrons. The minimum atomic E-state index is -1.82. The SMILES string of the molecule is O=C(O)C(=O)O.O=C(O)C(=O)O.c1ccc(-n2cc(CNCC(c3ccco3)N3CCCC3)c(-c3cccs3)n2)cc1. The molecule has 1 aliphatic rings. The molecule has 1 atom stereocenters. The zero-order valence-electron chi connectivity index (χ0n) is 22.3. The van der Waals surface area contributed by atoms with Gasteiger partial charge in [0, 0.05) is 24.8 Å². The van der Waals surface area contributed by atoms with Crippen molar-refractivity contribution in [1.29, 1.82) is 0 Å². The zero-order valence-corrected chi connectivity index (χ0v) is 23.1. The van der Waals surface area contributed by atoms with Crippen LogP contribution in [0.1, 0.15) is 30.2 Å². The predicted molar refractivity (Wildman–Crippen MR) is 151 cm³/mol. The van der Waals surface area contributed by atoms with E-state index in [1.165, 1.54) is 23.3 Å². The van der Waals surface area contributed by atoms with Gasteiger partial charge >= 0.3 is 23.9 Å². The van der Waals surface area contributed by atoms with E-state index in [-0.39, 0.29) is 6.04 Å². The van der Waals surface area contributed by atoms with Gasteiger partial charge in [0.25, 0.3) is 0 Å². The number of likely N-dealkylation sites (tertiary alicyclic amines) is 1. The highest BCUT2D eigenvalue weighted by Crippen LogP contribution is 2.29. The summed E-state index contributed by atoms with van der Waals surface area (Å²) in [4.78, 5) is 40.1. The molecule has 1 aliphatic heterocycles. The molecule has 1 fully saturated rings. The van der Waals surface area contributed by atoms with Gasteiger partial charge in [-0.05, 0) is 61.6 Å². The van der Waals surface area contributed by atoms with Gasteiger partial charge in [-0.15, -0.1) is 11.3 Å². The Kier molecular flexibility index (Phi) is 12.0. The molecule has 14 heteroatoms. The number of hydrogen-bond donors (Lipinski definition) is 5. The largest absolute Gasteiger partial charge is 0.473 e. The second-order valence-electron chi connectivity index (χ2n) is 8.89. The number of nitrogens with one attached hydrogen (secondary N) is 1. The Morgan fingerprint density at radius 2 is 1.52 bits per heavy atom. The van der Waals surface area contributed by atoms with Gasteiger partial charge in [-0.1, -0.05) is 24.3 Å². The van der Waals surface area contributed by atoms with E-state index < -0.39 is 23.9 Å². The van der Waals surface area contributed by atoms with E-state index in [0.717, 1.165) is 43.3 Å². The first-order chi connectivity index (χ1) is 20.2. The van der Waals surface area contributed by atoms with Crippen LogP contribution in [0.25, 0.3) is 16.3 Å². The quantitative estimate of drug-likeness (QED) is 0.186. The lowest BCUT2D eigenvalue weighted by Gasteiger charge is -2.26. The first-order valence-electron chi connectivity index (χ1n) is 12.8. The third-order valence-corrected chi connectivity index (χ3v) is 6.91. The van der Waals surface area contributed by atoms with Crippen molar-refractivity contribution >= 4 is 35.2 Å². The van der Waals surface area contributed by atoms with Gasteiger partial charge in [0.05, 0.1) is 22.9 Å². The van der Waals surface area contributed by atoms with Crippen molar-refractivity contribution in [3.63, 3.8) is 0 Å². The second-order valence-corrected chi connectivity index (χ2v) is 9.83. The minimum absolute atomic E-state index is 0.275. The van der Waals surface area contributed by atoms with E-state index >= 15 is 0 Å². The van der Waals surface area contributed by atoms with Gasteiger partial charge in [-0.25, -0.2) is 23.9 Å². The number of hydrogen-bond acceptors (Lipinski definition) is 9. The molecule has 0 aliphatic carbocycles. The minimum Gasteiger partial charge on any atom is -0.473 e. The lowest BCUT2D eigenvalue weighted by Crippen LogP contribution is -2.33. The molecule has 5 rings (SSSR count). The molecule has 222 valence electrons. The molecule has 1 aromatic carbocycles. The number of thiophene rings is 1. The molecule has 0 amide bonds. The molecule has 3 aromatic heterocycles. The number of nitrogens with zero attached hydrogens (tertiary/aromatic N) is 3. The van der Waals surface area contributed by atoms with E-state index in [1.54, 1.807) is 17.6 Å². The molecule has 0 saturated carbocycles. The molecule has 42 heavy (non-hydrogen) atoms. The predicted octanol–water partition coefficient (Wildman–Crippen LogP) is 3.43. The summed E-state index contributed by atoms with van der Waals surface area (Å²) in [6.07, 6.45) is 6.46. The number of carboxylic acid groups (broad SMARTS) is 4. The first-order valence-corrected chi connectivity index (χ1v) is 13.6. The van der Waals surface area contributed by atoms with Gasteiger partial charge < -0.3 is 30.2 Å². The highest BCUT2D eigenvalue weighted by Gasteiger charge is 2.25. The van der Waals surface area contributed by atoms with Crippen LogP contribution in [0, 0.1) is 0 Å². The fraction of sp³-hybridized carbons (Fsp3) is 0.250. The molecular weight excluding hydrogens is 568 g/mol. The van der Waals surface area contributed by atoms with E-state index in [9.17, 15) is 0 Å². The molecule has 1 unspecified atom stereocenters. The number of para-hydroxylation sites is 1. The number of carboxylic acids is 4. The maximum absolute atomic E-state index is 9.10. The van der Waals surface area contributed by atoms with E-state index in [1.807, 2.05) is 28.9 Å². The number of rotatable bonds is 8. The van der Waals surface area contributed by atoms with Crippen molar-refractivity contribution in [3.8, 4) is 16.3 Å². The van der Waals surface area contributed by atoms with Crippen LogP contribution in [-0.2, 0) is 25.7 Å². The topological polar surface area (TPSA) is 195 Å². The molecule has 5 N–H and O–H groups in total. The summed E-state index contributed by atoms with van der Waals surface area (Å²) >= 11 is 1.73. The Morgan fingerprint density at radius 3 is 2.05 bits per heavy atom. The fourth-order valence-corrected chi connectivity index (χ4v) is 4.90. The Labute approximate surface area is 244 Å². The molecule has 0 spiro atoms. The number of aromatic nitrogens is 2. The van der Waals surface area contributed by atoms with Crippen LogP contribution in [0.3, 0.4) is 0 Å². The average molecular weight is 599 g/mol. The summed E-state index contributed by atoms with van der Waals surface area (Å²) in [5, 5.41) is 40.3. The normalized spacial score (nSPS) is 13.2. The Hall–Kier alpha value is -4.79. The number of aliphatic carboxylic acids is 4. The highest BCUT2D eigenvalue weighted by molar-refractivity contribution is 7.13. The standard InChI is InChI=1S/C24H26N4OS.2C2H2O4/c1-2-8-20(9-3-1)28-18-19(24(26-28)23-11-7-15-30-23)16-25-17-21(22-10-6-14-29-22)27-12-4-5-13-27;2*3-1(4)2(5)6/h1-3,6-11,14-15,18,21,25H,4-5,12-13,16-17H2;2*(H,3,4)(H,5,6). The van der Waals surface area contributed by atoms with Gasteiger partial charge in [0.1, 0.15) is 11.5 Å².